The number of carbonyl (C=O) groups is 1. The van der Waals surface area contributed by atoms with E-state index in [1.165, 1.54) is 0 Å². The number of fused-ring (bicyclic) bond motifs is 1. The Morgan fingerprint density at radius 3 is 2.95 bits per heavy atom. The third kappa shape index (κ3) is 2.87. The molecule has 0 saturated carbocycles. The van der Waals surface area contributed by atoms with E-state index in [1.54, 1.807) is 0 Å². The summed E-state index contributed by atoms with van der Waals surface area (Å²) in [7, 11) is 0. The van der Waals surface area contributed by atoms with Gasteiger partial charge in [-0.1, -0.05) is 48.6 Å². The lowest BCUT2D eigenvalue weighted by Crippen LogP contribution is -2.27. The van der Waals surface area contributed by atoms with Gasteiger partial charge in [0.2, 0.25) is 0 Å². The number of carbonyl (C=O) groups excluding carboxylic acids is 1. The van der Waals surface area contributed by atoms with Crippen LogP contribution in [0, 0.1) is 5.41 Å². The molecule has 1 heterocycles. The molecular formula is C18H18N2O. The molecule has 0 amide bonds. The Morgan fingerprint density at radius 1 is 1.29 bits per heavy atom. The second-order valence-corrected chi connectivity index (χ2v) is 5.64. The first-order chi connectivity index (χ1) is 10.2. The predicted octanol–water partition coefficient (Wildman–Crippen LogP) is 3.96. The number of nitrogens with one attached hydrogen (secondary N) is 1. The van der Waals surface area contributed by atoms with Crippen LogP contribution in [-0.4, -0.2) is 11.5 Å². The molecule has 0 aromatic heterocycles. The van der Waals surface area contributed by atoms with Crippen LogP contribution in [0.5, 0.6) is 0 Å². The van der Waals surface area contributed by atoms with Crippen molar-refractivity contribution < 1.29 is 4.79 Å². The van der Waals surface area contributed by atoms with E-state index >= 15 is 0 Å². The van der Waals surface area contributed by atoms with Crippen molar-refractivity contribution in [1.82, 2.24) is 0 Å². The summed E-state index contributed by atoms with van der Waals surface area (Å²) in [6, 6.07) is 7.95. The Bertz CT molecular complexity index is 682. The van der Waals surface area contributed by atoms with Crippen LogP contribution in [0.2, 0.25) is 0 Å². The Hall–Kier alpha value is -2.42. The van der Waals surface area contributed by atoms with Crippen molar-refractivity contribution in [3.63, 3.8) is 0 Å². The Kier molecular flexibility index (Phi) is 3.57. The van der Waals surface area contributed by atoms with Crippen molar-refractivity contribution in [2.75, 3.05) is 5.43 Å². The molecule has 21 heavy (non-hydrogen) atoms. The van der Waals surface area contributed by atoms with Gasteiger partial charge in [-0.3, -0.25) is 10.2 Å². The van der Waals surface area contributed by atoms with E-state index in [4.69, 9.17) is 0 Å². The lowest BCUT2D eigenvalue weighted by Gasteiger charge is -2.24. The van der Waals surface area contributed by atoms with Crippen LogP contribution < -0.4 is 5.43 Å². The van der Waals surface area contributed by atoms with E-state index in [2.05, 4.69) is 10.5 Å². The van der Waals surface area contributed by atoms with Crippen LogP contribution in [-0.2, 0) is 4.79 Å². The SMILES string of the molecule is CC1(C(=O)CC2=NNc3ccccc3C=C2)C=CC=CC1. The molecular weight excluding hydrogens is 260 g/mol. The van der Waals surface area contributed by atoms with Gasteiger partial charge in [-0.2, -0.15) is 5.10 Å². The van der Waals surface area contributed by atoms with E-state index in [0.29, 0.717) is 6.42 Å². The van der Waals surface area contributed by atoms with Crippen LogP contribution in [0.4, 0.5) is 5.69 Å². The van der Waals surface area contributed by atoms with Gasteiger partial charge in [0.25, 0.3) is 0 Å². The lowest BCUT2D eigenvalue weighted by atomic mass is 9.78. The van der Waals surface area contributed by atoms with Gasteiger partial charge in [-0.25, -0.2) is 0 Å². The lowest BCUT2D eigenvalue weighted by molar-refractivity contribution is -0.124. The average Bonchev–Trinajstić information content (AvgIpc) is 2.71. The monoisotopic (exact) mass is 278 g/mol. The minimum absolute atomic E-state index is 0.194. The predicted molar refractivity (Wildman–Crippen MR) is 87.2 cm³/mol. The first-order valence-electron chi connectivity index (χ1n) is 7.15. The van der Waals surface area contributed by atoms with E-state index in [1.807, 2.05) is 67.6 Å². The second-order valence-electron chi connectivity index (χ2n) is 5.64. The van der Waals surface area contributed by atoms with E-state index in [9.17, 15) is 4.79 Å². The number of hydrogen-bond acceptors (Lipinski definition) is 3. The minimum atomic E-state index is -0.412. The van der Waals surface area contributed by atoms with Crippen LogP contribution in [0.25, 0.3) is 6.08 Å². The molecule has 0 saturated heterocycles. The summed E-state index contributed by atoms with van der Waals surface area (Å²) in [5.74, 6) is 0.194. The van der Waals surface area contributed by atoms with Crippen LogP contribution in [0.3, 0.4) is 0 Å². The summed E-state index contributed by atoms with van der Waals surface area (Å²) in [5.41, 5.74) is 5.43. The summed E-state index contributed by atoms with van der Waals surface area (Å²) in [5, 5.41) is 4.35. The fraction of sp³-hybridized carbons (Fsp3) is 0.222. The molecule has 1 atom stereocenters. The van der Waals surface area contributed by atoms with Crippen molar-refractivity contribution in [1.29, 1.82) is 0 Å². The van der Waals surface area contributed by atoms with Crippen molar-refractivity contribution in [2.24, 2.45) is 10.5 Å². The van der Waals surface area contributed by atoms with Gasteiger partial charge in [-0.15, -0.1) is 0 Å². The number of anilines is 1. The number of Topliss-reactive ketones (excluding diaryl/α,β-unsaturated/α-hetero) is 1. The van der Waals surface area contributed by atoms with Crippen molar-refractivity contribution >= 4 is 23.3 Å². The Morgan fingerprint density at radius 2 is 2.14 bits per heavy atom. The topological polar surface area (TPSA) is 41.5 Å². The third-order valence-electron chi connectivity index (χ3n) is 3.97. The molecule has 1 aliphatic heterocycles. The highest BCUT2D eigenvalue weighted by atomic mass is 16.1. The van der Waals surface area contributed by atoms with Crippen molar-refractivity contribution in [3.05, 3.63) is 60.2 Å². The molecule has 0 bridgehead atoms. The van der Waals surface area contributed by atoms with Gasteiger partial charge in [0.1, 0.15) is 5.78 Å². The molecule has 1 unspecified atom stereocenters. The molecule has 0 fully saturated rings. The molecule has 2 aliphatic rings. The average molecular weight is 278 g/mol. The minimum Gasteiger partial charge on any atom is -0.298 e. The number of ketones is 1. The molecule has 0 radical (unpaired) electrons. The number of hydrogen-bond donors (Lipinski definition) is 1. The first kappa shape index (κ1) is 13.6. The van der Waals surface area contributed by atoms with Gasteiger partial charge < -0.3 is 0 Å². The second kappa shape index (κ2) is 5.52. The van der Waals surface area contributed by atoms with Gasteiger partial charge in [-0.05, 0) is 31.1 Å². The van der Waals surface area contributed by atoms with Crippen LogP contribution in [0.15, 0.2) is 59.7 Å². The fourth-order valence-corrected chi connectivity index (χ4v) is 2.50. The Labute approximate surface area is 124 Å². The Balaban J connectivity index is 1.75. The summed E-state index contributed by atoms with van der Waals surface area (Å²) >= 11 is 0. The quantitative estimate of drug-likeness (QED) is 0.909. The highest BCUT2D eigenvalue weighted by Gasteiger charge is 2.30. The van der Waals surface area contributed by atoms with Crippen LogP contribution in [0.1, 0.15) is 25.3 Å². The highest BCUT2D eigenvalue weighted by Crippen LogP contribution is 2.30. The maximum Gasteiger partial charge on any atom is 0.148 e. The standard InChI is InChI=1S/C18H18N2O/c1-18(11-5-2-6-12-18)17(21)13-15-10-9-14-7-3-4-8-16(14)20-19-15/h2-11,20H,12-13H2,1H3. The van der Waals surface area contributed by atoms with Crippen LogP contribution >= 0.6 is 0 Å². The summed E-state index contributed by atoms with van der Waals surface area (Å²) in [4.78, 5) is 12.5. The molecule has 0 spiro atoms. The maximum atomic E-state index is 12.5. The largest absolute Gasteiger partial charge is 0.298 e. The van der Waals surface area contributed by atoms with E-state index in [0.717, 1.165) is 23.4 Å². The molecule has 1 aromatic carbocycles. The van der Waals surface area contributed by atoms with Crippen molar-refractivity contribution in [2.45, 2.75) is 19.8 Å². The number of hydrazone groups is 1. The van der Waals surface area contributed by atoms with E-state index in [-0.39, 0.29) is 5.78 Å². The zero-order valence-corrected chi connectivity index (χ0v) is 12.0. The van der Waals surface area contributed by atoms with Crippen molar-refractivity contribution in [3.8, 4) is 0 Å². The van der Waals surface area contributed by atoms with Gasteiger partial charge in [0.05, 0.1) is 17.8 Å². The molecule has 1 aliphatic carbocycles. The van der Waals surface area contributed by atoms with E-state index < -0.39 is 5.41 Å². The fourth-order valence-electron chi connectivity index (χ4n) is 2.50. The maximum absolute atomic E-state index is 12.5. The molecule has 1 N–H and O–H groups in total. The summed E-state index contributed by atoms with van der Waals surface area (Å²) in [6.45, 7) is 1.98. The molecule has 3 nitrogen and oxygen atoms in total. The van der Waals surface area contributed by atoms with Gasteiger partial charge >= 0.3 is 0 Å². The van der Waals surface area contributed by atoms with Gasteiger partial charge in [0.15, 0.2) is 0 Å². The number of allylic oxidation sites excluding steroid dienone is 5. The first-order valence-corrected chi connectivity index (χ1v) is 7.15. The molecule has 3 heteroatoms. The number of benzene rings is 1. The number of para-hydroxylation sites is 1. The normalized spacial score (nSPS) is 23.0. The molecule has 1 aromatic rings. The molecule has 3 rings (SSSR count). The third-order valence-corrected chi connectivity index (χ3v) is 3.97. The molecule has 106 valence electrons. The number of rotatable bonds is 3. The zero-order chi connectivity index (χ0) is 14.7. The highest BCUT2D eigenvalue weighted by molar-refractivity contribution is 6.12. The smallest absolute Gasteiger partial charge is 0.148 e. The number of nitrogens with zero attached hydrogens (tertiary/aromatic N) is 1. The zero-order valence-electron chi connectivity index (χ0n) is 12.0. The summed E-state index contributed by atoms with van der Waals surface area (Å²) in [6.07, 6.45) is 13.0. The van der Waals surface area contributed by atoms with Gasteiger partial charge in [0, 0.05) is 5.41 Å². The summed E-state index contributed by atoms with van der Waals surface area (Å²) < 4.78 is 0.